The van der Waals surface area contributed by atoms with Crippen LogP contribution in [0.25, 0.3) is 5.69 Å². The normalized spacial score (nSPS) is 19.9. The predicted octanol–water partition coefficient (Wildman–Crippen LogP) is 1.95. The van der Waals surface area contributed by atoms with Crippen molar-refractivity contribution in [3.63, 3.8) is 0 Å². The number of halogens is 2. The zero-order valence-electron chi connectivity index (χ0n) is 15.5. The lowest BCUT2D eigenvalue weighted by Crippen LogP contribution is -2.54. The van der Waals surface area contributed by atoms with E-state index in [9.17, 15) is 4.79 Å². The Bertz CT molecular complexity index is 698. The Labute approximate surface area is 171 Å². The summed E-state index contributed by atoms with van der Waals surface area (Å²) >= 11 is 0. The topological polar surface area (TPSA) is 96.8 Å². The summed E-state index contributed by atoms with van der Waals surface area (Å²) < 4.78 is 1.60. The molecule has 0 aliphatic carbocycles. The number of carbonyl (C=O) groups is 1. The van der Waals surface area contributed by atoms with Crippen molar-refractivity contribution in [3.05, 3.63) is 30.3 Å². The summed E-state index contributed by atoms with van der Waals surface area (Å²) in [5, 5.41) is 21.5. The van der Waals surface area contributed by atoms with Gasteiger partial charge in [-0.25, -0.2) is 0 Å². The first-order valence-electron chi connectivity index (χ1n) is 8.83. The highest BCUT2D eigenvalue weighted by Crippen LogP contribution is 2.13. The molecule has 1 aromatic heterocycles. The van der Waals surface area contributed by atoms with Gasteiger partial charge in [-0.3, -0.25) is 4.79 Å². The molecule has 1 aliphatic heterocycles. The van der Waals surface area contributed by atoms with Crippen molar-refractivity contribution in [2.45, 2.75) is 51.2 Å². The van der Waals surface area contributed by atoms with Crippen LogP contribution < -0.4 is 16.0 Å². The highest BCUT2D eigenvalue weighted by molar-refractivity contribution is 5.85. The Morgan fingerprint density at radius 2 is 2.07 bits per heavy atom. The maximum absolute atomic E-state index is 12.7. The average Bonchev–Trinajstić information content (AvgIpc) is 3.10. The molecule has 1 amide bonds. The molecule has 2 heterocycles. The second-order valence-electron chi connectivity index (χ2n) is 6.36. The van der Waals surface area contributed by atoms with Gasteiger partial charge in [-0.05, 0) is 55.3 Å². The van der Waals surface area contributed by atoms with Crippen LogP contribution in [0.1, 0.15) is 33.1 Å². The number of piperidine rings is 1. The molecule has 0 radical (unpaired) electrons. The van der Waals surface area contributed by atoms with E-state index in [0.717, 1.165) is 25.1 Å². The van der Waals surface area contributed by atoms with E-state index in [1.165, 1.54) is 0 Å². The molecule has 0 bridgehead atoms. The molecule has 8 nitrogen and oxygen atoms in total. The van der Waals surface area contributed by atoms with Crippen molar-refractivity contribution in [1.29, 1.82) is 0 Å². The monoisotopic (exact) mass is 415 g/mol. The van der Waals surface area contributed by atoms with Crippen molar-refractivity contribution in [1.82, 2.24) is 30.8 Å². The molecule has 1 saturated heterocycles. The first-order chi connectivity index (χ1) is 12.2. The zero-order valence-corrected chi connectivity index (χ0v) is 17.1. The van der Waals surface area contributed by atoms with Gasteiger partial charge in [-0.1, -0.05) is 30.2 Å². The number of carbonyl (C=O) groups excluding carboxylic acids is 1. The van der Waals surface area contributed by atoms with E-state index in [1.807, 2.05) is 37.3 Å². The fraction of sp³-hybridized carbons (Fsp3) is 0.529. The molecule has 3 N–H and O–H groups in total. The van der Waals surface area contributed by atoms with Crippen LogP contribution in [0.5, 0.6) is 0 Å². The number of tetrazole rings is 1. The Morgan fingerprint density at radius 3 is 2.74 bits per heavy atom. The van der Waals surface area contributed by atoms with E-state index >= 15 is 0 Å². The SMILES string of the molecule is CCC(Nc1nnnn1-c1ccccc1)C(=O)NC1CCCNC1C.Cl.Cl. The van der Waals surface area contributed by atoms with Gasteiger partial charge in [0.05, 0.1) is 5.69 Å². The number of hydrogen-bond donors (Lipinski definition) is 3. The number of benzene rings is 1. The van der Waals surface area contributed by atoms with E-state index in [1.54, 1.807) is 4.68 Å². The van der Waals surface area contributed by atoms with Crippen LogP contribution in [0.4, 0.5) is 5.95 Å². The second kappa shape index (κ2) is 11.1. The number of amides is 1. The van der Waals surface area contributed by atoms with Gasteiger partial charge in [0.2, 0.25) is 11.9 Å². The summed E-state index contributed by atoms with van der Waals surface area (Å²) in [6.07, 6.45) is 2.71. The Hall–Kier alpha value is -1.90. The first-order valence-corrected chi connectivity index (χ1v) is 8.83. The number of rotatable bonds is 6. The number of nitrogens with one attached hydrogen (secondary N) is 3. The Balaban J connectivity index is 0.00000182. The minimum absolute atomic E-state index is 0. The summed E-state index contributed by atoms with van der Waals surface area (Å²) in [6.45, 7) is 5.08. The van der Waals surface area contributed by atoms with Gasteiger partial charge in [-0.2, -0.15) is 4.68 Å². The number of aromatic nitrogens is 4. The van der Waals surface area contributed by atoms with Crippen molar-refractivity contribution in [3.8, 4) is 5.69 Å². The van der Waals surface area contributed by atoms with Gasteiger partial charge in [0, 0.05) is 12.1 Å². The third-order valence-electron chi connectivity index (χ3n) is 4.59. The van der Waals surface area contributed by atoms with Crippen LogP contribution in [0.15, 0.2) is 30.3 Å². The predicted molar refractivity (Wildman–Crippen MR) is 110 cm³/mol. The molecule has 0 spiro atoms. The van der Waals surface area contributed by atoms with Gasteiger partial charge in [0.15, 0.2) is 0 Å². The highest BCUT2D eigenvalue weighted by Gasteiger charge is 2.26. The fourth-order valence-corrected chi connectivity index (χ4v) is 3.05. The third kappa shape index (κ3) is 5.79. The summed E-state index contributed by atoms with van der Waals surface area (Å²) in [5.74, 6) is 0.439. The van der Waals surface area contributed by atoms with E-state index in [0.29, 0.717) is 12.4 Å². The Morgan fingerprint density at radius 1 is 1.33 bits per heavy atom. The Kier molecular flexibility index (Phi) is 9.48. The first kappa shape index (κ1) is 23.1. The van der Waals surface area contributed by atoms with Crippen molar-refractivity contribution >= 4 is 36.7 Å². The molecule has 150 valence electrons. The summed E-state index contributed by atoms with van der Waals surface area (Å²) in [5.41, 5.74) is 0.843. The third-order valence-corrected chi connectivity index (χ3v) is 4.59. The molecular formula is C17H27Cl2N7O. The van der Waals surface area contributed by atoms with Gasteiger partial charge in [0.1, 0.15) is 6.04 Å². The number of anilines is 1. The lowest BCUT2D eigenvalue weighted by molar-refractivity contribution is -0.123. The molecule has 1 aromatic carbocycles. The molecule has 3 rings (SSSR count). The largest absolute Gasteiger partial charge is 0.350 e. The maximum atomic E-state index is 12.7. The summed E-state index contributed by atoms with van der Waals surface area (Å²) in [6, 6.07) is 9.65. The minimum atomic E-state index is -0.386. The summed E-state index contributed by atoms with van der Waals surface area (Å²) in [4.78, 5) is 12.7. The lowest BCUT2D eigenvalue weighted by Gasteiger charge is -2.31. The number of hydrogen-bond acceptors (Lipinski definition) is 6. The van der Waals surface area contributed by atoms with Crippen LogP contribution in [-0.4, -0.2) is 50.8 Å². The smallest absolute Gasteiger partial charge is 0.248 e. The average molecular weight is 416 g/mol. The standard InChI is InChI=1S/C17H25N7O.2ClH/c1-3-14(16(25)19-15-10-7-11-18-12(15)2)20-17-21-22-23-24(17)13-8-5-4-6-9-13;;/h4-6,8-9,12,14-15,18H,3,7,10-11H2,1-2H3,(H,19,25)(H,20,21,23);2*1H. The van der Waals surface area contributed by atoms with Crippen molar-refractivity contribution in [2.75, 3.05) is 11.9 Å². The van der Waals surface area contributed by atoms with Crippen LogP contribution in [0.2, 0.25) is 0 Å². The molecular weight excluding hydrogens is 389 g/mol. The maximum Gasteiger partial charge on any atom is 0.248 e. The van der Waals surface area contributed by atoms with E-state index < -0.39 is 0 Å². The van der Waals surface area contributed by atoms with Crippen molar-refractivity contribution in [2.24, 2.45) is 0 Å². The van der Waals surface area contributed by atoms with Crippen LogP contribution in [-0.2, 0) is 4.79 Å². The van der Waals surface area contributed by atoms with Gasteiger partial charge in [-0.15, -0.1) is 24.8 Å². The molecule has 3 unspecified atom stereocenters. The van der Waals surface area contributed by atoms with Gasteiger partial charge < -0.3 is 16.0 Å². The molecule has 0 saturated carbocycles. The quantitative estimate of drug-likeness (QED) is 0.666. The lowest BCUT2D eigenvalue weighted by atomic mass is 9.99. The van der Waals surface area contributed by atoms with E-state index in [2.05, 4.69) is 38.4 Å². The zero-order chi connectivity index (χ0) is 17.6. The van der Waals surface area contributed by atoms with E-state index in [4.69, 9.17) is 0 Å². The number of nitrogens with zero attached hydrogens (tertiary/aromatic N) is 4. The number of para-hydroxylation sites is 1. The molecule has 27 heavy (non-hydrogen) atoms. The van der Waals surface area contributed by atoms with Crippen LogP contribution in [0.3, 0.4) is 0 Å². The molecule has 1 fully saturated rings. The fourth-order valence-electron chi connectivity index (χ4n) is 3.05. The highest BCUT2D eigenvalue weighted by atomic mass is 35.5. The molecule has 2 aromatic rings. The van der Waals surface area contributed by atoms with Crippen molar-refractivity contribution < 1.29 is 4.79 Å². The second-order valence-corrected chi connectivity index (χ2v) is 6.36. The summed E-state index contributed by atoms with van der Waals surface area (Å²) in [7, 11) is 0. The van der Waals surface area contributed by atoms with Crippen LogP contribution >= 0.6 is 24.8 Å². The molecule has 10 heteroatoms. The van der Waals surface area contributed by atoms with Gasteiger partial charge >= 0.3 is 0 Å². The van der Waals surface area contributed by atoms with E-state index in [-0.39, 0.29) is 48.8 Å². The minimum Gasteiger partial charge on any atom is -0.350 e. The molecule has 3 atom stereocenters. The van der Waals surface area contributed by atoms with Crippen LogP contribution in [0, 0.1) is 0 Å². The van der Waals surface area contributed by atoms with Gasteiger partial charge in [0.25, 0.3) is 0 Å². The molecule has 1 aliphatic rings.